The predicted octanol–water partition coefficient (Wildman–Crippen LogP) is 3.21. The van der Waals surface area contributed by atoms with Crippen molar-refractivity contribution in [1.29, 1.82) is 0 Å². The average Bonchev–Trinajstić information content (AvgIpc) is 2.75. The summed E-state index contributed by atoms with van der Waals surface area (Å²) >= 11 is 3.45. The number of hydrogen-bond acceptors (Lipinski definition) is 2. The summed E-state index contributed by atoms with van der Waals surface area (Å²) in [5.74, 6) is 0.833. The quantitative estimate of drug-likeness (QED) is 0.883. The normalized spacial score (nSPS) is 10.9. The maximum absolute atomic E-state index is 10.6. The van der Waals surface area contributed by atoms with Crippen LogP contribution in [0.3, 0.4) is 0 Å². The van der Waals surface area contributed by atoms with E-state index in [2.05, 4.69) is 15.9 Å². The van der Waals surface area contributed by atoms with Crippen LogP contribution in [0.1, 0.15) is 5.76 Å². The molecule has 1 aromatic carbocycles. The third-order valence-corrected chi connectivity index (χ3v) is 2.87. The number of amides is 1. The van der Waals surface area contributed by atoms with E-state index in [1.54, 1.807) is 12.1 Å². The minimum atomic E-state index is -0.496. The van der Waals surface area contributed by atoms with Crippen molar-refractivity contribution in [3.05, 3.63) is 52.7 Å². The van der Waals surface area contributed by atoms with Crippen LogP contribution in [0.15, 0.2) is 51.4 Å². The predicted molar refractivity (Wildman–Crippen MR) is 70.1 cm³/mol. The van der Waals surface area contributed by atoms with E-state index in [1.807, 2.05) is 30.3 Å². The number of hydrogen-bond donors (Lipinski definition) is 1. The number of primary amides is 1. The van der Waals surface area contributed by atoms with Gasteiger partial charge < -0.3 is 10.2 Å². The molecule has 0 unspecified atom stereocenters. The fourth-order valence-corrected chi connectivity index (χ4v) is 1.89. The van der Waals surface area contributed by atoms with Crippen LogP contribution in [0.5, 0.6) is 0 Å². The Labute approximate surface area is 107 Å². The first kappa shape index (κ1) is 11.7. The number of halogens is 1. The van der Waals surface area contributed by atoms with Crippen molar-refractivity contribution in [1.82, 2.24) is 0 Å². The third kappa shape index (κ3) is 2.85. The maximum atomic E-state index is 10.6. The van der Waals surface area contributed by atoms with Gasteiger partial charge in [0.1, 0.15) is 11.5 Å². The van der Waals surface area contributed by atoms with Crippen LogP contribution in [-0.2, 0) is 4.79 Å². The van der Waals surface area contributed by atoms with Crippen molar-refractivity contribution in [2.75, 3.05) is 0 Å². The highest BCUT2D eigenvalue weighted by Crippen LogP contribution is 2.29. The third-order valence-electron chi connectivity index (χ3n) is 2.18. The van der Waals surface area contributed by atoms with Crippen molar-refractivity contribution in [2.45, 2.75) is 0 Å². The van der Waals surface area contributed by atoms with Gasteiger partial charge in [0.15, 0.2) is 0 Å². The van der Waals surface area contributed by atoms with E-state index in [-0.39, 0.29) is 0 Å². The number of nitrogens with two attached hydrogens (primary N) is 1. The van der Waals surface area contributed by atoms with Crippen molar-refractivity contribution in [3.8, 4) is 11.3 Å². The number of carbonyl (C=O) groups is 1. The molecule has 2 N–H and O–H groups in total. The van der Waals surface area contributed by atoms with Crippen molar-refractivity contribution in [3.63, 3.8) is 0 Å². The van der Waals surface area contributed by atoms with Gasteiger partial charge in [0.2, 0.25) is 5.91 Å². The molecule has 0 radical (unpaired) electrons. The van der Waals surface area contributed by atoms with Gasteiger partial charge in [-0.1, -0.05) is 34.1 Å². The molecule has 0 spiro atoms. The lowest BCUT2D eigenvalue weighted by molar-refractivity contribution is -0.113. The van der Waals surface area contributed by atoms with Gasteiger partial charge >= 0.3 is 0 Å². The highest BCUT2D eigenvalue weighted by molar-refractivity contribution is 9.10. The van der Waals surface area contributed by atoms with E-state index in [9.17, 15) is 4.79 Å². The van der Waals surface area contributed by atoms with E-state index in [4.69, 9.17) is 10.2 Å². The Morgan fingerprint density at radius 3 is 2.71 bits per heavy atom. The highest BCUT2D eigenvalue weighted by atomic mass is 79.9. The topological polar surface area (TPSA) is 56.2 Å². The van der Waals surface area contributed by atoms with Gasteiger partial charge in [0.05, 0.1) is 0 Å². The molecule has 0 atom stereocenters. The molecule has 1 amide bonds. The Morgan fingerprint density at radius 2 is 2.00 bits per heavy atom. The summed E-state index contributed by atoms with van der Waals surface area (Å²) in [7, 11) is 0. The fourth-order valence-electron chi connectivity index (χ4n) is 1.41. The Bertz CT molecular complexity index is 572. The molecule has 0 aliphatic carbocycles. The van der Waals surface area contributed by atoms with Gasteiger partial charge in [-0.05, 0) is 24.3 Å². The highest BCUT2D eigenvalue weighted by Gasteiger charge is 2.06. The molecule has 0 aliphatic heterocycles. The molecule has 1 heterocycles. The largest absolute Gasteiger partial charge is 0.457 e. The van der Waals surface area contributed by atoms with Crippen LogP contribution < -0.4 is 5.73 Å². The lowest BCUT2D eigenvalue weighted by Gasteiger charge is -1.99. The van der Waals surface area contributed by atoms with Crippen LogP contribution >= 0.6 is 15.9 Å². The summed E-state index contributed by atoms with van der Waals surface area (Å²) in [5, 5.41) is 0. The summed E-state index contributed by atoms with van der Waals surface area (Å²) in [4.78, 5) is 10.6. The van der Waals surface area contributed by atoms with Crippen molar-refractivity contribution in [2.24, 2.45) is 5.73 Å². The first-order chi connectivity index (χ1) is 8.16. The number of furan rings is 1. The molecule has 3 nitrogen and oxygen atoms in total. The van der Waals surface area contributed by atoms with Gasteiger partial charge in [-0.3, -0.25) is 4.79 Å². The second-order valence-electron chi connectivity index (χ2n) is 3.42. The van der Waals surface area contributed by atoms with Crippen LogP contribution in [0.25, 0.3) is 17.4 Å². The molecule has 0 saturated heterocycles. The zero-order valence-electron chi connectivity index (χ0n) is 8.89. The molecule has 0 fully saturated rings. The summed E-state index contributed by atoms with van der Waals surface area (Å²) in [5.41, 5.74) is 5.97. The lowest BCUT2D eigenvalue weighted by Crippen LogP contribution is -2.04. The second-order valence-corrected chi connectivity index (χ2v) is 4.27. The lowest BCUT2D eigenvalue weighted by atomic mass is 10.2. The van der Waals surface area contributed by atoms with Crippen LogP contribution in [0.4, 0.5) is 0 Å². The van der Waals surface area contributed by atoms with E-state index in [0.717, 1.165) is 15.8 Å². The van der Waals surface area contributed by atoms with Crippen molar-refractivity contribution < 1.29 is 9.21 Å². The Morgan fingerprint density at radius 1 is 1.24 bits per heavy atom. The summed E-state index contributed by atoms with van der Waals surface area (Å²) in [6.07, 6.45) is 2.81. The van der Waals surface area contributed by atoms with Gasteiger partial charge in [-0.25, -0.2) is 0 Å². The van der Waals surface area contributed by atoms with E-state index >= 15 is 0 Å². The number of benzene rings is 1. The van der Waals surface area contributed by atoms with E-state index in [0.29, 0.717) is 5.76 Å². The summed E-state index contributed by atoms with van der Waals surface area (Å²) in [6, 6.07) is 11.4. The Balaban J connectivity index is 2.30. The van der Waals surface area contributed by atoms with Gasteiger partial charge in [0.25, 0.3) is 0 Å². The summed E-state index contributed by atoms with van der Waals surface area (Å²) in [6.45, 7) is 0. The van der Waals surface area contributed by atoms with Gasteiger partial charge in [0, 0.05) is 16.1 Å². The molecule has 1 aromatic heterocycles. The maximum Gasteiger partial charge on any atom is 0.241 e. The zero-order valence-corrected chi connectivity index (χ0v) is 10.5. The molecular formula is C13H10BrNO2. The Kier molecular flexibility index (Phi) is 3.44. The second kappa shape index (κ2) is 5.01. The monoisotopic (exact) mass is 291 g/mol. The first-order valence-corrected chi connectivity index (χ1v) is 5.78. The molecule has 2 aromatic rings. The molecule has 2 rings (SSSR count). The van der Waals surface area contributed by atoms with E-state index in [1.165, 1.54) is 6.08 Å². The Hall–Kier alpha value is -1.81. The molecule has 17 heavy (non-hydrogen) atoms. The number of carbonyl (C=O) groups excluding carboxylic acids is 1. The molecule has 86 valence electrons. The van der Waals surface area contributed by atoms with Gasteiger partial charge in [-0.15, -0.1) is 0 Å². The van der Waals surface area contributed by atoms with Crippen LogP contribution in [0, 0.1) is 0 Å². The molecule has 0 bridgehead atoms. The minimum Gasteiger partial charge on any atom is -0.457 e. The molecule has 0 aliphatic rings. The number of rotatable bonds is 3. The molecular weight excluding hydrogens is 282 g/mol. The first-order valence-electron chi connectivity index (χ1n) is 4.99. The van der Waals surface area contributed by atoms with Crippen LogP contribution in [-0.4, -0.2) is 5.91 Å². The van der Waals surface area contributed by atoms with Crippen LogP contribution in [0.2, 0.25) is 0 Å². The standard InChI is InChI=1S/C13H10BrNO2/c14-11-4-2-1-3-10(11)12-7-5-9(17-12)6-8-13(15)16/h1-8H,(H2,15,16)/b8-6-. The fraction of sp³-hybridized carbons (Fsp3) is 0. The van der Waals surface area contributed by atoms with Gasteiger partial charge in [-0.2, -0.15) is 0 Å². The summed E-state index contributed by atoms with van der Waals surface area (Å²) < 4.78 is 6.53. The molecule has 4 heteroatoms. The zero-order chi connectivity index (χ0) is 12.3. The SMILES string of the molecule is NC(=O)/C=C\c1ccc(-c2ccccc2Br)o1. The molecule has 0 saturated carbocycles. The van der Waals surface area contributed by atoms with E-state index < -0.39 is 5.91 Å². The minimum absolute atomic E-state index is 0.496. The smallest absolute Gasteiger partial charge is 0.241 e. The average molecular weight is 292 g/mol. The van der Waals surface area contributed by atoms with Crippen molar-refractivity contribution >= 4 is 27.9 Å².